The Kier molecular flexibility index (Phi) is 5.42. The first-order valence-corrected chi connectivity index (χ1v) is 4.40. The minimum Gasteiger partial charge on any atom is -0.393 e. The van der Waals surface area contributed by atoms with E-state index in [-0.39, 0.29) is 0 Å². The van der Waals surface area contributed by atoms with E-state index in [2.05, 4.69) is 25.8 Å². The second kappa shape index (κ2) is 5.49. The Labute approximate surface area is 74.8 Å². The van der Waals surface area contributed by atoms with Gasteiger partial charge in [-0.25, -0.2) is 0 Å². The van der Waals surface area contributed by atoms with Crippen LogP contribution in [0, 0.1) is 5.92 Å². The Morgan fingerprint density at radius 1 is 1.55 bits per heavy atom. The molecule has 0 aromatic carbocycles. The average molecular weight is 174 g/mol. The third-order valence-electron chi connectivity index (χ3n) is 1.42. The molecule has 0 bridgehead atoms. The summed E-state index contributed by atoms with van der Waals surface area (Å²) >= 11 is 4.78. The zero-order valence-corrected chi connectivity index (χ0v) is 8.45. The summed E-state index contributed by atoms with van der Waals surface area (Å²) in [6.07, 6.45) is 0.832. The summed E-state index contributed by atoms with van der Waals surface area (Å²) < 4.78 is 0. The van der Waals surface area contributed by atoms with Crippen LogP contribution in [-0.2, 0) is 0 Å². The van der Waals surface area contributed by atoms with E-state index in [0.717, 1.165) is 19.5 Å². The van der Waals surface area contributed by atoms with E-state index in [0.29, 0.717) is 10.9 Å². The van der Waals surface area contributed by atoms with Gasteiger partial charge in [0.25, 0.3) is 0 Å². The Morgan fingerprint density at radius 2 is 2.09 bits per heavy atom. The summed E-state index contributed by atoms with van der Waals surface area (Å²) in [6.45, 7) is 6.50. The molecule has 0 saturated heterocycles. The van der Waals surface area contributed by atoms with Crippen LogP contribution in [0.25, 0.3) is 0 Å². The Balaban J connectivity index is 3.37. The molecule has 0 unspecified atom stereocenters. The molecule has 0 atom stereocenters. The lowest BCUT2D eigenvalue weighted by Gasteiger charge is -2.17. The number of hydrogen-bond acceptors (Lipinski definition) is 2. The molecule has 0 aromatic heterocycles. The Morgan fingerprint density at radius 3 is 2.45 bits per heavy atom. The fourth-order valence-electron chi connectivity index (χ4n) is 1.02. The summed E-state index contributed by atoms with van der Waals surface area (Å²) in [5.41, 5.74) is 5.38. The molecule has 2 N–H and O–H groups in total. The number of nitrogens with two attached hydrogens (primary N) is 1. The highest BCUT2D eigenvalue weighted by molar-refractivity contribution is 7.80. The molecule has 0 heterocycles. The van der Waals surface area contributed by atoms with Crippen molar-refractivity contribution in [3.63, 3.8) is 0 Å². The van der Waals surface area contributed by atoms with Gasteiger partial charge in [0.1, 0.15) is 0 Å². The summed E-state index contributed by atoms with van der Waals surface area (Å²) in [5.74, 6) is 0.714. The van der Waals surface area contributed by atoms with Crippen molar-refractivity contribution in [3.8, 4) is 0 Å². The fourth-order valence-corrected chi connectivity index (χ4v) is 1.11. The smallest absolute Gasteiger partial charge is 0.0740 e. The van der Waals surface area contributed by atoms with Crippen molar-refractivity contribution in [1.82, 2.24) is 4.90 Å². The van der Waals surface area contributed by atoms with Crippen molar-refractivity contribution in [2.45, 2.75) is 20.3 Å². The van der Waals surface area contributed by atoms with Crippen molar-refractivity contribution in [1.29, 1.82) is 0 Å². The second-order valence-electron chi connectivity index (χ2n) is 3.37. The number of nitrogens with zero attached hydrogens (tertiary/aromatic N) is 1. The first-order valence-electron chi connectivity index (χ1n) is 3.99. The standard InChI is InChI=1S/C8H18N2S/c1-7(2)6-10(3)5-4-8(9)11/h7H,4-6H2,1-3H3,(H2,9,11). The van der Waals surface area contributed by atoms with Gasteiger partial charge in [-0.3, -0.25) is 0 Å². The van der Waals surface area contributed by atoms with Gasteiger partial charge < -0.3 is 10.6 Å². The highest BCUT2D eigenvalue weighted by atomic mass is 32.1. The molecule has 0 spiro atoms. The van der Waals surface area contributed by atoms with Crippen LogP contribution in [0.15, 0.2) is 0 Å². The molecule has 0 aliphatic carbocycles. The highest BCUT2D eigenvalue weighted by Gasteiger charge is 2.01. The highest BCUT2D eigenvalue weighted by Crippen LogP contribution is 1.96. The van der Waals surface area contributed by atoms with Gasteiger partial charge in [0, 0.05) is 19.5 Å². The van der Waals surface area contributed by atoms with Crippen LogP contribution >= 0.6 is 12.2 Å². The molecule has 0 amide bonds. The number of thiocarbonyl (C=S) groups is 1. The third-order valence-corrected chi connectivity index (χ3v) is 1.62. The van der Waals surface area contributed by atoms with Gasteiger partial charge in [-0.05, 0) is 13.0 Å². The van der Waals surface area contributed by atoms with Crippen LogP contribution in [0.3, 0.4) is 0 Å². The molecular weight excluding hydrogens is 156 g/mol. The number of hydrogen-bond donors (Lipinski definition) is 1. The fraction of sp³-hybridized carbons (Fsp3) is 0.875. The van der Waals surface area contributed by atoms with Crippen LogP contribution in [0.4, 0.5) is 0 Å². The first kappa shape index (κ1) is 10.8. The zero-order chi connectivity index (χ0) is 8.85. The van der Waals surface area contributed by atoms with Crippen LogP contribution in [0.5, 0.6) is 0 Å². The predicted octanol–water partition coefficient (Wildman–Crippen LogP) is 1.25. The maximum absolute atomic E-state index is 5.38. The maximum atomic E-state index is 5.38. The zero-order valence-electron chi connectivity index (χ0n) is 7.63. The SMILES string of the molecule is CC(C)CN(C)CCC(N)=S. The molecule has 11 heavy (non-hydrogen) atoms. The average Bonchev–Trinajstić information content (AvgIpc) is 1.82. The Bertz CT molecular complexity index is 123. The molecule has 0 saturated carbocycles. The monoisotopic (exact) mass is 174 g/mol. The van der Waals surface area contributed by atoms with Crippen molar-refractivity contribution >= 4 is 17.2 Å². The summed E-state index contributed by atoms with van der Waals surface area (Å²) in [6, 6.07) is 0. The van der Waals surface area contributed by atoms with E-state index in [4.69, 9.17) is 18.0 Å². The lowest BCUT2D eigenvalue weighted by Crippen LogP contribution is -2.27. The van der Waals surface area contributed by atoms with Crippen molar-refractivity contribution in [2.75, 3.05) is 20.1 Å². The van der Waals surface area contributed by atoms with E-state index in [1.807, 2.05) is 0 Å². The molecule has 0 aromatic rings. The van der Waals surface area contributed by atoms with Gasteiger partial charge in [-0.2, -0.15) is 0 Å². The lowest BCUT2D eigenvalue weighted by molar-refractivity contribution is 0.304. The largest absolute Gasteiger partial charge is 0.393 e. The first-order chi connectivity index (χ1) is 5.02. The molecular formula is C8H18N2S. The third kappa shape index (κ3) is 7.75. The van der Waals surface area contributed by atoms with Gasteiger partial charge in [-0.15, -0.1) is 0 Å². The molecule has 66 valence electrons. The predicted molar refractivity (Wildman–Crippen MR) is 53.7 cm³/mol. The maximum Gasteiger partial charge on any atom is 0.0740 e. The minimum absolute atomic E-state index is 0.612. The Hall–Kier alpha value is -0.150. The van der Waals surface area contributed by atoms with Crippen molar-refractivity contribution < 1.29 is 0 Å². The minimum atomic E-state index is 0.612. The van der Waals surface area contributed by atoms with Crippen LogP contribution in [-0.4, -0.2) is 30.0 Å². The topological polar surface area (TPSA) is 29.3 Å². The van der Waals surface area contributed by atoms with Gasteiger partial charge in [0.15, 0.2) is 0 Å². The van der Waals surface area contributed by atoms with Gasteiger partial charge in [0.2, 0.25) is 0 Å². The van der Waals surface area contributed by atoms with E-state index >= 15 is 0 Å². The number of rotatable bonds is 5. The lowest BCUT2D eigenvalue weighted by atomic mass is 10.2. The van der Waals surface area contributed by atoms with E-state index in [1.165, 1.54) is 0 Å². The van der Waals surface area contributed by atoms with Gasteiger partial charge in [-0.1, -0.05) is 26.1 Å². The van der Waals surface area contributed by atoms with Crippen LogP contribution in [0.1, 0.15) is 20.3 Å². The molecule has 3 heteroatoms. The van der Waals surface area contributed by atoms with Gasteiger partial charge in [0.05, 0.1) is 4.99 Å². The summed E-state index contributed by atoms with van der Waals surface area (Å²) in [5, 5.41) is 0. The summed E-state index contributed by atoms with van der Waals surface area (Å²) in [7, 11) is 2.10. The molecule has 0 aliphatic heterocycles. The van der Waals surface area contributed by atoms with Crippen molar-refractivity contribution in [3.05, 3.63) is 0 Å². The molecule has 0 aliphatic rings. The van der Waals surface area contributed by atoms with Crippen LogP contribution < -0.4 is 5.73 Å². The quantitative estimate of drug-likeness (QED) is 0.636. The molecule has 0 fully saturated rings. The van der Waals surface area contributed by atoms with E-state index < -0.39 is 0 Å². The second-order valence-corrected chi connectivity index (χ2v) is 3.90. The van der Waals surface area contributed by atoms with Crippen LogP contribution in [0.2, 0.25) is 0 Å². The molecule has 0 radical (unpaired) electrons. The normalized spacial score (nSPS) is 11.0. The van der Waals surface area contributed by atoms with Crippen molar-refractivity contribution in [2.24, 2.45) is 11.7 Å². The van der Waals surface area contributed by atoms with E-state index in [9.17, 15) is 0 Å². The van der Waals surface area contributed by atoms with E-state index in [1.54, 1.807) is 0 Å². The van der Waals surface area contributed by atoms with Gasteiger partial charge >= 0.3 is 0 Å². The molecule has 2 nitrogen and oxygen atoms in total. The molecule has 0 rings (SSSR count). The summed E-state index contributed by atoms with van der Waals surface area (Å²) in [4.78, 5) is 2.87.